The smallest absolute Gasteiger partial charge is 0.242 e. The molecule has 0 fully saturated rings. The molecule has 1 aliphatic heterocycles. The predicted molar refractivity (Wildman–Crippen MR) is 128 cm³/mol. The average molecular weight is 443 g/mol. The molecule has 1 heterocycles. The standard InChI is InChI=1S/C25H34O5Si/c1-25(2)12-11-19-16-18(9-10-20(19)29-25)21(30-31(6,7)8)13-17-14-22(26-3)24(28-5)23(15-17)27-4/h9-10,13-16H,11-12H2,1-8H3/b21-13-. The van der Waals surface area contributed by atoms with Gasteiger partial charge in [-0.2, -0.15) is 0 Å². The summed E-state index contributed by atoms with van der Waals surface area (Å²) in [5.74, 6) is 3.59. The highest BCUT2D eigenvalue weighted by atomic mass is 28.4. The number of methoxy groups -OCH3 is 3. The van der Waals surface area contributed by atoms with E-state index < -0.39 is 8.32 Å². The van der Waals surface area contributed by atoms with Crippen LogP contribution in [0.5, 0.6) is 23.0 Å². The van der Waals surface area contributed by atoms with Crippen LogP contribution in [-0.4, -0.2) is 35.2 Å². The summed E-state index contributed by atoms with van der Waals surface area (Å²) < 4.78 is 29.2. The van der Waals surface area contributed by atoms with E-state index in [9.17, 15) is 0 Å². The fraction of sp³-hybridized carbons (Fsp3) is 0.440. The van der Waals surface area contributed by atoms with Gasteiger partial charge in [0.05, 0.1) is 21.3 Å². The van der Waals surface area contributed by atoms with E-state index >= 15 is 0 Å². The highest BCUT2D eigenvalue weighted by molar-refractivity contribution is 6.70. The summed E-state index contributed by atoms with van der Waals surface area (Å²) in [5, 5.41) is 0. The number of benzene rings is 2. The Labute approximate surface area is 187 Å². The first-order valence-electron chi connectivity index (χ1n) is 10.6. The minimum Gasteiger partial charge on any atom is -0.544 e. The first kappa shape index (κ1) is 23.1. The van der Waals surface area contributed by atoms with Gasteiger partial charge in [0.2, 0.25) is 14.1 Å². The summed E-state index contributed by atoms with van der Waals surface area (Å²) in [6, 6.07) is 10.2. The maximum Gasteiger partial charge on any atom is 0.242 e. The first-order valence-corrected chi connectivity index (χ1v) is 14.0. The van der Waals surface area contributed by atoms with Crippen LogP contribution in [0, 0.1) is 0 Å². The first-order chi connectivity index (χ1) is 14.5. The van der Waals surface area contributed by atoms with Crippen LogP contribution in [0.15, 0.2) is 30.3 Å². The molecule has 5 nitrogen and oxygen atoms in total. The van der Waals surface area contributed by atoms with Crippen LogP contribution in [0.1, 0.15) is 37.0 Å². The molecule has 0 bridgehead atoms. The summed E-state index contributed by atoms with van der Waals surface area (Å²) in [7, 11) is 2.98. The lowest BCUT2D eigenvalue weighted by atomic mass is 9.93. The fourth-order valence-corrected chi connectivity index (χ4v) is 4.49. The molecule has 0 aromatic heterocycles. The molecule has 0 atom stereocenters. The molecule has 3 rings (SSSR count). The molecule has 0 aliphatic carbocycles. The topological polar surface area (TPSA) is 46.2 Å². The number of fused-ring (bicyclic) bond motifs is 1. The lowest BCUT2D eigenvalue weighted by Crippen LogP contribution is -2.32. The van der Waals surface area contributed by atoms with E-state index in [0.29, 0.717) is 17.2 Å². The number of hydrogen-bond donors (Lipinski definition) is 0. The lowest BCUT2D eigenvalue weighted by Gasteiger charge is -2.33. The third-order valence-electron chi connectivity index (χ3n) is 5.13. The van der Waals surface area contributed by atoms with Gasteiger partial charge in [0.1, 0.15) is 17.1 Å². The zero-order chi connectivity index (χ0) is 22.8. The zero-order valence-electron chi connectivity index (χ0n) is 19.9. The van der Waals surface area contributed by atoms with E-state index in [4.69, 9.17) is 23.4 Å². The van der Waals surface area contributed by atoms with Crippen molar-refractivity contribution in [3.8, 4) is 23.0 Å². The minimum atomic E-state index is -1.86. The van der Waals surface area contributed by atoms with Gasteiger partial charge in [-0.15, -0.1) is 0 Å². The number of aryl methyl sites for hydroxylation is 1. The monoisotopic (exact) mass is 442 g/mol. The molecule has 0 saturated heterocycles. The largest absolute Gasteiger partial charge is 0.544 e. The van der Waals surface area contributed by atoms with E-state index in [1.165, 1.54) is 5.56 Å². The van der Waals surface area contributed by atoms with Crippen molar-refractivity contribution in [1.82, 2.24) is 0 Å². The molecule has 2 aromatic carbocycles. The highest BCUT2D eigenvalue weighted by Crippen LogP contribution is 2.40. The summed E-state index contributed by atoms with van der Waals surface area (Å²) >= 11 is 0. The van der Waals surface area contributed by atoms with Crippen LogP contribution < -0.4 is 18.9 Å². The Morgan fingerprint density at radius 1 is 0.968 bits per heavy atom. The van der Waals surface area contributed by atoms with Gasteiger partial charge in [-0.05, 0) is 93.9 Å². The lowest BCUT2D eigenvalue weighted by molar-refractivity contribution is 0.0847. The van der Waals surface area contributed by atoms with Gasteiger partial charge >= 0.3 is 0 Å². The number of ether oxygens (including phenoxy) is 4. The fourth-order valence-electron chi connectivity index (χ4n) is 3.65. The molecule has 168 valence electrons. The van der Waals surface area contributed by atoms with E-state index in [1.807, 2.05) is 18.2 Å². The maximum absolute atomic E-state index is 6.51. The number of hydrogen-bond acceptors (Lipinski definition) is 5. The van der Waals surface area contributed by atoms with Crippen molar-refractivity contribution in [3.05, 3.63) is 47.0 Å². The van der Waals surface area contributed by atoms with Crippen LogP contribution >= 0.6 is 0 Å². The van der Waals surface area contributed by atoms with Crippen molar-refractivity contribution in [2.75, 3.05) is 21.3 Å². The molecule has 0 N–H and O–H groups in total. The van der Waals surface area contributed by atoms with Crippen molar-refractivity contribution in [2.45, 2.75) is 51.9 Å². The predicted octanol–water partition coefficient (Wildman–Crippen LogP) is 6.17. The summed E-state index contributed by atoms with van der Waals surface area (Å²) in [4.78, 5) is 0. The molecule has 31 heavy (non-hydrogen) atoms. The maximum atomic E-state index is 6.51. The quantitative estimate of drug-likeness (QED) is 0.292. The van der Waals surface area contributed by atoms with Crippen LogP contribution in [0.2, 0.25) is 19.6 Å². The minimum absolute atomic E-state index is 0.127. The van der Waals surface area contributed by atoms with Gasteiger partial charge in [0.25, 0.3) is 0 Å². The average Bonchev–Trinajstić information content (AvgIpc) is 2.70. The van der Waals surface area contributed by atoms with Crippen molar-refractivity contribution in [1.29, 1.82) is 0 Å². The van der Waals surface area contributed by atoms with Gasteiger partial charge in [-0.3, -0.25) is 0 Å². The SMILES string of the molecule is COc1cc(/C=C(\O[Si](C)(C)C)c2ccc3c(c2)CCC(C)(C)O3)cc(OC)c1OC. The Morgan fingerprint density at radius 2 is 1.61 bits per heavy atom. The van der Waals surface area contributed by atoms with E-state index in [1.54, 1.807) is 21.3 Å². The summed E-state index contributed by atoms with van der Waals surface area (Å²) in [6.07, 6.45) is 4.02. The third kappa shape index (κ3) is 5.56. The zero-order valence-corrected chi connectivity index (χ0v) is 20.9. The van der Waals surface area contributed by atoms with Gasteiger partial charge in [0.15, 0.2) is 11.5 Å². The molecular formula is C25H34O5Si. The Bertz CT molecular complexity index is 947. The van der Waals surface area contributed by atoms with Crippen LogP contribution in [0.4, 0.5) is 0 Å². The second kappa shape index (κ2) is 8.87. The van der Waals surface area contributed by atoms with E-state index in [0.717, 1.165) is 35.5 Å². The van der Waals surface area contributed by atoms with Crippen molar-refractivity contribution in [2.24, 2.45) is 0 Å². The second-order valence-corrected chi connectivity index (χ2v) is 13.8. The van der Waals surface area contributed by atoms with Gasteiger partial charge < -0.3 is 23.4 Å². The normalized spacial score (nSPS) is 15.5. The molecule has 0 spiro atoms. The molecule has 1 aliphatic rings. The Hall–Kier alpha value is -2.60. The Kier molecular flexibility index (Phi) is 6.60. The molecule has 0 saturated carbocycles. The van der Waals surface area contributed by atoms with Crippen molar-refractivity contribution in [3.63, 3.8) is 0 Å². The van der Waals surface area contributed by atoms with Crippen LogP contribution in [-0.2, 0) is 10.8 Å². The highest BCUT2D eigenvalue weighted by Gasteiger charge is 2.27. The summed E-state index contributed by atoms with van der Waals surface area (Å²) in [6.45, 7) is 10.8. The Morgan fingerprint density at radius 3 is 2.16 bits per heavy atom. The molecule has 0 radical (unpaired) electrons. The Balaban J connectivity index is 2.08. The van der Waals surface area contributed by atoms with Crippen molar-refractivity contribution >= 4 is 20.2 Å². The molecular weight excluding hydrogens is 408 g/mol. The summed E-state index contributed by atoms with van der Waals surface area (Å²) in [5.41, 5.74) is 3.04. The van der Waals surface area contributed by atoms with Gasteiger partial charge in [-0.25, -0.2) is 0 Å². The molecule has 0 amide bonds. The molecule has 0 unspecified atom stereocenters. The third-order valence-corrected chi connectivity index (χ3v) is 5.96. The van der Waals surface area contributed by atoms with Gasteiger partial charge in [0, 0.05) is 5.56 Å². The second-order valence-electron chi connectivity index (χ2n) is 9.37. The molecule has 2 aromatic rings. The number of rotatable bonds is 7. The van der Waals surface area contributed by atoms with Crippen LogP contribution in [0.3, 0.4) is 0 Å². The van der Waals surface area contributed by atoms with Crippen molar-refractivity contribution < 1.29 is 23.4 Å². The molecule has 6 heteroatoms. The van der Waals surface area contributed by atoms with Crippen LogP contribution in [0.25, 0.3) is 11.8 Å². The van der Waals surface area contributed by atoms with E-state index in [-0.39, 0.29) is 5.60 Å². The van der Waals surface area contributed by atoms with E-state index in [2.05, 4.69) is 51.7 Å². The van der Waals surface area contributed by atoms with Gasteiger partial charge in [-0.1, -0.05) is 0 Å².